The second-order valence-corrected chi connectivity index (χ2v) is 4.45. The van der Waals surface area contributed by atoms with Gasteiger partial charge in [-0.1, -0.05) is 6.07 Å². The van der Waals surface area contributed by atoms with Gasteiger partial charge in [0.05, 0.1) is 5.69 Å². The van der Waals surface area contributed by atoms with Crippen LogP contribution in [-0.4, -0.2) is 17.8 Å². The Morgan fingerprint density at radius 1 is 1.43 bits per heavy atom. The smallest absolute Gasteiger partial charge is 0.255 e. The fourth-order valence-electron chi connectivity index (χ4n) is 1.43. The molecule has 0 unspecified atom stereocenters. The van der Waals surface area contributed by atoms with E-state index < -0.39 is 10.0 Å². The van der Waals surface area contributed by atoms with Crippen molar-refractivity contribution in [1.29, 1.82) is 0 Å². The second-order valence-electron chi connectivity index (χ2n) is 2.98. The molecule has 0 aliphatic carbocycles. The van der Waals surface area contributed by atoms with Crippen LogP contribution in [-0.2, 0) is 10.0 Å². The van der Waals surface area contributed by atoms with E-state index in [1.165, 1.54) is 4.40 Å². The van der Waals surface area contributed by atoms with E-state index >= 15 is 0 Å². The summed E-state index contributed by atoms with van der Waals surface area (Å²) in [5.74, 6) is 0. The molecule has 0 aliphatic rings. The molecule has 0 saturated carbocycles. The van der Waals surface area contributed by atoms with Crippen molar-refractivity contribution in [2.45, 2.75) is 11.9 Å². The number of aryl methyl sites for hydroxylation is 1. The minimum absolute atomic E-state index is 0.0492. The third-order valence-corrected chi connectivity index (χ3v) is 2.95. The number of nitrogens with two attached hydrogens (primary N) is 1. The minimum Gasteiger partial charge on any atom is -0.289 e. The molecule has 2 N–H and O–H groups in total. The van der Waals surface area contributed by atoms with E-state index in [0.29, 0.717) is 11.3 Å². The zero-order chi connectivity index (χ0) is 10.3. The maximum Gasteiger partial charge on any atom is 0.255 e. The van der Waals surface area contributed by atoms with Gasteiger partial charge < -0.3 is 0 Å². The van der Waals surface area contributed by atoms with Crippen molar-refractivity contribution in [3.05, 3.63) is 30.1 Å². The topological polar surface area (TPSA) is 77.5 Å². The van der Waals surface area contributed by atoms with E-state index in [2.05, 4.69) is 4.98 Å². The van der Waals surface area contributed by atoms with Crippen LogP contribution in [0.15, 0.2) is 29.4 Å². The molecule has 0 aromatic carbocycles. The van der Waals surface area contributed by atoms with Crippen molar-refractivity contribution in [2.75, 3.05) is 0 Å². The van der Waals surface area contributed by atoms with Crippen molar-refractivity contribution in [2.24, 2.45) is 5.14 Å². The summed E-state index contributed by atoms with van der Waals surface area (Å²) in [6.45, 7) is 1.62. The van der Waals surface area contributed by atoms with Crippen LogP contribution in [0.3, 0.4) is 0 Å². The zero-order valence-corrected chi connectivity index (χ0v) is 8.32. The SMILES string of the molecule is Cc1nc2ccccn2c1S(N)(=O)=O. The fraction of sp³-hybridized carbons (Fsp3) is 0.125. The van der Waals surface area contributed by atoms with E-state index in [1.54, 1.807) is 31.3 Å². The van der Waals surface area contributed by atoms with Crippen LogP contribution < -0.4 is 5.14 Å². The molecule has 14 heavy (non-hydrogen) atoms. The molecule has 2 rings (SSSR count). The maximum atomic E-state index is 11.2. The largest absolute Gasteiger partial charge is 0.289 e. The summed E-state index contributed by atoms with van der Waals surface area (Å²) in [7, 11) is -3.72. The number of sulfonamides is 1. The van der Waals surface area contributed by atoms with Gasteiger partial charge in [-0.15, -0.1) is 0 Å². The van der Waals surface area contributed by atoms with Crippen LogP contribution >= 0.6 is 0 Å². The summed E-state index contributed by atoms with van der Waals surface area (Å²) in [6, 6.07) is 5.24. The highest BCUT2D eigenvalue weighted by atomic mass is 32.2. The van der Waals surface area contributed by atoms with Gasteiger partial charge in [-0.05, 0) is 19.1 Å². The van der Waals surface area contributed by atoms with E-state index in [9.17, 15) is 8.42 Å². The molecule has 0 amide bonds. The predicted molar refractivity (Wildman–Crippen MR) is 51.3 cm³/mol. The van der Waals surface area contributed by atoms with Crippen LogP contribution in [0, 0.1) is 6.92 Å². The van der Waals surface area contributed by atoms with Crippen LogP contribution in [0.5, 0.6) is 0 Å². The summed E-state index contributed by atoms with van der Waals surface area (Å²) < 4.78 is 24.0. The second kappa shape index (κ2) is 2.79. The molecular weight excluding hydrogens is 202 g/mol. The Labute approximate surface area is 81.2 Å². The average Bonchev–Trinajstić information content (AvgIpc) is 2.38. The first-order valence-corrected chi connectivity index (χ1v) is 5.51. The molecule has 6 heteroatoms. The highest BCUT2D eigenvalue weighted by Gasteiger charge is 2.18. The van der Waals surface area contributed by atoms with E-state index in [1.807, 2.05) is 0 Å². The lowest BCUT2D eigenvalue weighted by atomic mass is 10.5. The standard InChI is InChI=1S/C8H9N3O2S/c1-6-8(14(9,12)13)11-5-3-2-4-7(11)10-6/h2-5H,1H3,(H2,9,12,13). The third kappa shape index (κ3) is 1.28. The summed E-state index contributed by atoms with van der Waals surface area (Å²) in [4.78, 5) is 4.08. The molecule has 2 aromatic rings. The number of aromatic nitrogens is 2. The normalized spacial score (nSPS) is 12.1. The zero-order valence-electron chi connectivity index (χ0n) is 7.51. The first-order valence-electron chi connectivity index (χ1n) is 3.96. The molecule has 0 bridgehead atoms. The molecule has 5 nitrogen and oxygen atoms in total. The molecule has 2 heterocycles. The van der Waals surface area contributed by atoms with Crippen molar-refractivity contribution in [1.82, 2.24) is 9.38 Å². The Kier molecular flexibility index (Phi) is 1.83. The summed E-state index contributed by atoms with van der Waals surface area (Å²) in [5, 5.41) is 5.13. The molecule has 74 valence electrons. The Balaban J connectivity index is 2.95. The molecule has 0 fully saturated rings. The van der Waals surface area contributed by atoms with Crippen molar-refractivity contribution in [3.63, 3.8) is 0 Å². The Morgan fingerprint density at radius 3 is 2.79 bits per heavy atom. The number of hydrogen-bond acceptors (Lipinski definition) is 3. The lowest BCUT2D eigenvalue weighted by molar-refractivity contribution is 0.592. The van der Waals surface area contributed by atoms with Gasteiger partial charge in [0.2, 0.25) is 0 Å². The molecule has 0 aliphatic heterocycles. The van der Waals surface area contributed by atoms with Crippen molar-refractivity contribution in [3.8, 4) is 0 Å². The number of primary sulfonamides is 1. The lowest BCUT2D eigenvalue weighted by Gasteiger charge is -1.98. The van der Waals surface area contributed by atoms with Crippen LogP contribution in [0.4, 0.5) is 0 Å². The average molecular weight is 211 g/mol. The quantitative estimate of drug-likeness (QED) is 0.736. The van der Waals surface area contributed by atoms with Gasteiger partial charge in [-0.25, -0.2) is 18.5 Å². The van der Waals surface area contributed by atoms with Crippen LogP contribution in [0.2, 0.25) is 0 Å². The van der Waals surface area contributed by atoms with Gasteiger partial charge in [0.1, 0.15) is 5.65 Å². The van der Waals surface area contributed by atoms with Crippen LogP contribution in [0.25, 0.3) is 5.65 Å². The Morgan fingerprint density at radius 2 is 2.14 bits per heavy atom. The van der Waals surface area contributed by atoms with Gasteiger partial charge in [-0.2, -0.15) is 0 Å². The monoisotopic (exact) mass is 211 g/mol. The number of nitrogens with zero attached hydrogens (tertiary/aromatic N) is 2. The number of rotatable bonds is 1. The van der Waals surface area contributed by atoms with Gasteiger partial charge in [0, 0.05) is 6.20 Å². The predicted octanol–water partition coefficient (Wildman–Crippen LogP) is 0.290. The molecule has 0 saturated heterocycles. The van der Waals surface area contributed by atoms with E-state index in [-0.39, 0.29) is 5.03 Å². The Bertz CT molecular complexity index is 586. The highest BCUT2D eigenvalue weighted by Crippen LogP contribution is 2.15. The van der Waals surface area contributed by atoms with Crippen LogP contribution in [0.1, 0.15) is 5.69 Å². The number of pyridine rings is 1. The van der Waals surface area contributed by atoms with Crippen molar-refractivity contribution < 1.29 is 8.42 Å². The first kappa shape index (κ1) is 9.17. The molecule has 0 atom stereocenters. The van der Waals surface area contributed by atoms with E-state index in [4.69, 9.17) is 5.14 Å². The summed E-state index contributed by atoms with van der Waals surface area (Å²) in [6.07, 6.45) is 1.62. The fourth-order valence-corrected chi connectivity index (χ4v) is 2.32. The van der Waals surface area contributed by atoms with Crippen molar-refractivity contribution >= 4 is 15.7 Å². The number of hydrogen-bond donors (Lipinski definition) is 1. The molecule has 0 radical (unpaired) electrons. The number of fused-ring (bicyclic) bond motifs is 1. The first-order chi connectivity index (χ1) is 6.50. The lowest BCUT2D eigenvalue weighted by Crippen LogP contribution is -2.15. The summed E-state index contributed by atoms with van der Waals surface area (Å²) in [5.41, 5.74) is 0.993. The molecule has 2 aromatic heterocycles. The van der Waals surface area contributed by atoms with Gasteiger partial charge >= 0.3 is 0 Å². The van der Waals surface area contributed by atoms with Gasteiger partial charge in [-0.3, -0.25) is 4.40 Å². The maximum absolute atomic E-state index is 11.2. The van der Waals surface area contributed by atoms with Gasteiger partial charge in [0.25, 0.3) is 10.0 Å². The Hall–Kier alpha value is -1.40. The summed E-state index contributed by atoms with van der Waals surface area (Å²) >= 11 is 0. The highest BCUT2D eigenvalue weighted by molar-refractivity contribution is 7.89. The van der Waals surface area contributed by atoms with Gasteiger partial charge in [0.15, 0.2) is 5.03 Å². The minimum atomic E-state index is -3.72. The van der Waals surface area contributed by atoms with E-state index in [0.717, 1.165) is 0 Å². The number of imidazole rings is 1. The third-order valence-electron chi connectivity index (χ3n) is 1.92. The molecular formula is C8H9N3O2S. The molecule has 0 spiro atoms.